The number of nitrogens with one attached hydrogen (secondary N) is 2. The van der Waals surface area contributed by atoms with Crippen LogP contribution in [0, 0.1) is 0 Å². The number of nitrogens with two attached hydrogens (primary N) is 1. The van der Waals surface area contributed by atoms with Gasteiger partial charge < -0.3 is 16.4 Å². The molecule has 0 saturated carbocycles. The molecule has 1 rings (SSSR count). The summed E-state index contributed by atoms with van der Waals surface area (Å²) in [5.41, 5.74) is 8.34. The van der Waals surface area contributed by atoms with Gasteiger partial charge in [-0.05, 0) is 38.0 Å². The summed E-state index contributed by atoms with van der Waals surface area (Å²) < 4.78 is 0. The van der Waals surface area contributed by atoms with Crippen LogP contribution in [0.25, 0.3) is 0 Å². The van der Waals surface area contributed by atoms with Crippen molar-refractivity contribution in [2.75, 3.05) is 6.54 Å². The fourth-order valence-corrected chi connectivity index (χ4v) is 1.69. The highest BCUT2D eigenvalue weighted by Crippen LogP contribution is 2.07. The maximum absolute atomic E-state index is 12.1. The molecule has 1 aromatic rings. The highest BCUT2D eigenvalue weighted by atomic mass is 127. The molecule has 0 aliphatic heterocycles. The van der Waals surface area contributed by atoms with E-state index in [-0.39, 0.29) is 35.9 Å². The maximum atomic E-state index is 12.1. The fraction of sp³-hybridized carbons (Fsp3) is 0.412. The third-order valence-corrected chi connectivity index (χ3v) is 3.18. The average Bonchev–Trinajstić information content (AvgIpc) is 2.50. The number of nitrogens with zero attached hydrogens (tertiary/aromatic N) is 1. The molecule has 1 aromatic carbocycles. The summed E-state index contributed by atoms with van der Waals surface area (Å²) in [6.45, 7) is 10.8. The smallest absolute Gasteiger partial charge is 0.251 e. The molecule has 1 atom stereocenters. The van der Waals surface area contributed by atoms with Gasteiger partial charge in [0.25, 0.3) is 5.91 Å². The predicted molar refractivity (Wildman–Crippen MR) is 107 cm³/mol. The van der Waals surface area contributed by atoms with Crippen molar-refractivity contribution in [3.8, 4) is 0 Å². The molecule has 1 amide bonds. The van der Waals surface area contributed by atoms with E-state index in [4.69, 9.17) is 5.73 Å². The highest BCUT2D eigenvalue weighted by molar-refractivity contribution is 14.0. The summed E-state index contributed by atoms with van der Waals surface area (Å²) in [6.07, 6.45) is 0.903. The Morgan fingerprint density at radius 1 is 1.43 bits per heavy atom. The van der Waals surface area contributed by atoms with Crippen molar-refractivity contribution in [1.29, 1.82) is 0 Å². The van der Waals surface area contributed by atoms with Crippen LogP contribution in [0.2, 0.25) is 0 Å². The molecule has 0 heterocycles. The lowest BCUT2D eigenvalue weighted by Crippen LogP contribution is -2.32. The zero-order chi connectivity index (χ0) is 16.5. The molecule has 0 radical (unpaired) electrons. The van der Waals surface area contributed by atoms with Gasteiger partial charge in [0.1, 0.15) is 0 Å². The molecule has 1 unspecified atom stereocenters. The number of guanidine groups is 1. The van der Waals surface area contributed by atoms with Crippen molar-refractivity contribution in [2.24, 2.45) is 10.7 Å². The second-order valence-corrected chi connectivity index (χ2v) is 5.50. The van der Waals surface area contributed by atoms with Crippen LogP contribution in [0.4, 0.5) is 0 Å². The molecular weight excluding hydrogens is 403 g/mol. The Morgan fingerprint density at radius 2 is 2.13 bits per heavy atom. The van der Waals surface area contributed by atoms with Crippen molar-refractivity contribution < 1.29 is 4.79 Å². The number of carbonyl (C=O) groups excluding carboxylic acids is 1. The first-order valence-electron chi connectivity index (χ1n) is 7.50. The van der Waals surface area contributed by atoms with E-state index in [0.717, 1.165) is 17.6 Å². The van der Waals surface area contributed by atoms with Gasteiger partial charge in [-0.15, -0.1) is 24.0 Å². The zero-order valence-electron chi connectivity index (χ0n) is 14.1. The van der Waals surface area contributed by atoms with E-state index >= 15 is 0 Å². The standard InChI is InChI=1S/C17H26N4O.HI/c1-5-13(4)21-16(22)15-8-6-7-14(9-15)11-20-17(18)19-10-12(2)3;/h6-9,13H,2,5,10-11H2,1,3-4H3,(H,21,22)(H3,18,19,20);1H. The highest BCUT2D eigenvalue weighted by Gasteiger charge is 2.08. The molecule has 23 heavy (non-hydrogen) atoms. The molecule has 0 saturated heterocycles. The van der Waals surface area contributed by atoms with Crippen molar-refractivity contribution in [2.45, 2.75) is 39.8 Å². The van der Waals surface area contributed by atoms with E-state index in [1.165, 1.54) is 0 Å². The summed E-state index contributed by atoms with van der Waals surface area (Å²) in [5.74, 6) is 0.311. The topological polar surface area (TPSA) is 79.5 Å². The maximum Gasteiger partial charge on any atom is 0.251 e. The number of hydrogen-bond acceptors (Lipinski definition) is 2. The molecule has 0 aliphatic carbocycles. The van der Waals surface area contributed by atoms with Gasteiger partial charge in [-0.3, -0.25) is 4.79 Å². The first-order chi connectivity index (χ1) is 10.4. The van der Waals surface area contributed by atoms with E-state index in [1.807, 2.05) is 39.0 Å². The number of rotatable bonds is 7. The molecule has 0 aliphatic rings. The summed E-state index contributed by atoms with van der Waals surface area (Å²) in [7, 11) is 0. The van der Waals surface area contributed by atoms with E-state index in [9.17, 15) is 4.79 Å². The molecule has 0 fully saturated rings. The SMILES string of the molecule is C=C(C)CNC(N)=NCc1cccc(C(=O)NC(C)CC)c1.I. The number of hydrogen-bond donors (Lipinski definition) is 3. The minimum absolute atomic E-state index is 0. The van der Waals surface area contributed by atoms with Gasteiger partial charge >= 0.3 is 0 Å². The van der Waals surface area contributed by atoms with Gasteiger partial charge in [-0.25, -0.2) is 4.99 Å². The first-order valence-corrected chi connectivity index (χ1v) is 7.50. The van der Waals surface area contributed by atoms with E-state index in [0.29, 0.717) is 24.6 Å². The molecule has 6 heteroatoms. The monoisotopic (exact) mass is 430 g/mol. The first kappa shape index (κ1) is 21.4. The third-order valence-electron chi connectivity index (χ3n) is 3.18. The number of benzene rings is 1. The number of carbonyl (C=O) groups is 1. The quantitative estimate of drug-likeness (QED) is 0.269. The Bertz CT molecular complexity index is 557. The van der Waals surface area contributed by atoms with E-state index in [2.05, 4.69) is 22.2 Å². The Balaban J connectivity index is 0.00000484. The van der Waals surface area contributed by atoms with Gasteiger partial charge in [-0.1, -0.05) is 31.2 Å². The zero-order valence-corrected chi connectivity index (χ0v) is 16.4. The lowest BCUT2D eigenvalue weighted by Gasteiger charge is -2.11. The van der Waals surface area contributed by atoms with Crippen LogP contribution in [0.15, 0.2) is 41.4 Å². The van der Waals surface area contributed by atoms with Gasteiger partial charge in [-0.2, -0.15) is 0 Å². The summed E-state index contributed by atoms with van der Waals surface area (Å²) in [4.78, 5) is 16.3. The van der Waals surface area contributed by atoms with E-state index < -0.39 is 0 Å². The summed E-state index contributed by atoms with van der Waals surface area (Å²) in [6, 6.07) is 7.58. The van der Waals surface area contributed by atoms with Crippen molar-refractivity contribution in [1.82, 2.24) is 10.6 Å². The van der Waals surface area contributed by atoms with Gasteiger partial charge in [0.05, 0.1) is 6.54 Å². The lowest BCUT2D eigenvalue weighted by atomic mass is 10.1. The lowest BCUT2D eigenvalue weighted by molar-refractivity contribution is 0.0939. The second-order valence-electron chi connectivity index (χ2n) is 5.50. The van der Waals surface area contributed by atoms with Gasteiger partial charge in [0.2, 0.25) is 0 Å². The summed E-state index contributed by atoms with van der Waals surface area (Å²) in [5, 5.41) is 5.92. The van der Waals surface area contributed by atoms with E-state index in [1.54, 1.807) is 6.07 Å². The number of aliphatic imine (C=N–C) groups is 1. The molecular formula is C17H27IN4O. The molecule has 0 aromatic heterocycles. The molecule has 0 spiro atoms. The van der Waals surface area contributed by atoms with Crippen LogP contribution >= 0.6 is 24.0 Å². The summed E-state index contributed by atoms with van der Waals surface area (Å²) >= 11 is 0. The minimum atomic E-state index is -0.0615. The molecule has 4 N–H and O–H groups in total. The third kappa shape index (κ3) is 8.59. The van der Waals surface area contributed by atoms with Crippen molar-refractivity contribution >= 4 is 35.8 Å². The number of halogens is 1. The normalized spacial score (nSPS) is 12.0. The van der Waals surface area contributed by atoms with Gasteiger partial charge in [0, 0.05) is 18.2 Å². The van der Waals surface area contributed by atoms with Crippen LogP contribution < -0.4 is 16.4 Å². The van der Waals surface area contributed by atoms with Crippen LogP contribution in [-0.2, 0) is 6.54 Å². The Kier molecular flexibility index (Phi) is 10.3. The van der Waals surface area contributed by atoms with Crippen molar-refractivity contribution in [3.05, 3.63) is 47.5 Å². The fourth-order valence-electron chi connectivity index (χ4n) is 1.69. The van der Waals surface area contributed by atoms with Crippen LogP contribution in [0.3, 0.4) is 0 Å². The molecule has 128 valence electrons. The van der Waals surface area contributed by atoms with Crippen LogP contribution in [0.5, 0.6) is 0 Å². The minimum Gasteiger partial charge on any atom is -0.370 e. The largest absolute Gasteiger partial charge is 0.370 e. The predicted octanol–water partition coefficient (Wildman–Crippen LogP) is 2.81. The Labute approximate surface area is 155 Å². The van der Waals surface area contributed by atoms with Gasteiger partial charge in [0.15, 0.2) is 5.96 Å². The van der Waals surface area contributed by atoms with Crippen LogP contribution in [-0.4, -0.2) is 24.5 Å². The second kappa shape index (κ2) is 11.0. The Hall–Kier alpha value is -1.57. The van der Waals surface area contributed by atoms with Crippen molar-refractivity contribution in [3.63, 3.8) is 0 Å². The molecule has 0 bridgehead atoms. The molecule has 5 nitrogen and oxygen atoms in total. The van der Waals surface area contributed by atoms with Crippen LogP contribution in [0.1, 0.15) is 43.1 Å². The Morgan fingerprint density at radius 3 is 2.74 bits per heavy atom. The number of amides is 1. The average molecular weight is 430 g/mol.